The highest BCUT2D eigenvalue weighted by Gasteiger charge is 2.30. The van der Waals surface area contributed by atoms with Crippen LogP contribution in [0.5, 0.6) is 0 Å². The van der Waals surface area contributed by atoms with Crippen LogP contribution in [0.2, 0.25) is 0 Å². The zero-order valence-corrected chi connectivity index (χ0v) is 12.7. The molecule has 0 aliphatic heterocycles. The number of anilines is 1. The number of tetrazole rings is 1. The molecule has 0 aliphatic rings. The molecule has 0 spiro atoms. The Labute approximate surface area is 120 Å². The summed E-state index contributed by atoms with van der Waals surface area (Å²) in [5, 5.41) is 12.4. The molecule has 0 amide bonds. The van der Waals surface area contributed by atoms with Crippen molar-refractivity contribution >= 4 is 5.69 Å². The Morgan fingerprint density at radius 3 is 2.30 bits per heavy atom. The minimum Gasteiger partial charge on any atom is -0.399 e. The summed E-state index contributed by atoms with van der Waals surface area (Å²) in [5.41, 5.74) is 8.75. The third kappa shape index (κ3) is 2.40. The van der Waals surface area contributed by atoms with Gasteiger partial charge in [0, 0.05) is 11.3 Å². The van der Waals surface area contributed by atoms with E-state index in [0.29, 0.717) is 0 Å². The van der Waals surface area contributed by atoms with Gasteiger partial charge in [-0.25, -0.2) is 4.68 Å². The fourth-order valence-corrected chi connectivity index (χ4v) is 2.83. The quantitative estimate of drug-likeness (QED) is 0.849. The van der Waals surface area contributed by atoms with Gasteiger partial charge in [0.25, 0.3) is 0 Å². The zero-order chi connectivity index (χ0) is 14.8. The Morgan fingerprint density at radius 1 is 1.10 bits per heavy atom. The lowest BCUT2D eigenvalue weighted by Gasteiger charge is -2.31. The predicted octanol–water partition coefficient (Wildman–Crippen LogP) is 3.16. The van der Waals surface area contributed by atoms with Crippen LogP contribution in [0.25, 0.3) is 11.4 Å². The van der Waals surface area contributed by atoms with Crippen LogP contribution in [-0.4, -0.2) is 20.2 Å². The van der Waals surface area contributed by atoms with Crippen molar-refractivity contribution in [3.8, 4) is 11.4 Å². The molecule has 0 radical (unpaired) electrons. The van der Waals surface area contributed by atoms with Gasteiger partial charge < -0.3 is 5.73 Å². The summed E-state index contributed by atoms with van der Waals surface area (Å²) < 4.78 is 1.97. The second kappa shape index (κ2) is 5.61. The fourth-order valence-electron chi connectivity index (χ4n) is 2.83. The van der Waals surface area contributed by atoms with E-state index in [1.807, 2.05) is 23.7 Å². The van der Waals surface area contributed by atoms with Gasteiger partial charge in [0.2, 0.25) is 0 Å². The van der Waals surface area contributed by atoms with Crippen molar-refractivity contribution in [3.63, 3.8) is 0 Å². The molecule has 5 heteroatoms. The molecule has 1 aromatic heterocycles. The van der Waals surface area contributed by atoms with Gasteiger partial charge in [-0.15, -0.1) is 5.10 Å². The van der Waals surface area contributed by atoms with E-state index in [1.54, 1.807) is 0 Å². The predicted molar refractivity (Wildman–Crippen MR) is 81.2 cm³/mol. The van der Waals surface area contributed by atoms with E-state index in [0.717, 1.165) is 41.9 Å². The minimum absolute atomic E-state index is 0.0304. The average Bonchev–Trinajstić information content (AvgIpc) is 2.90. The lowest BCUT2D eigenvalue weighted by Crippen LogP contribution is -2.33. The molecular weight excluding hydrogens is 250 g/mol. The lowest BCUT2D eigenvalue weighted by atomic mass is 9.89. The summed E-state index contributed by atoms with van der Waals surface area (Å²) in [4.78, 5) is 0. The zero-order valence-electron chi connectivity index (χ0n) is 12.7. The number of nitrogens with two attached hydrogens (primary N) is 1. The van der Waals surface area contributed by atoms with Crippen molar-refractivity contribution in [3.05, 3.63) is 23.8 Å². The Morgan fingerprint density at radius 2 is 1.75 bits per heavy atom. The highest BCUT2D eigenvalue weighted by atomic mass is 15.6. The fraction of sp³-hybridized carbons (Fsp3) is 0.533. The number of rotatable bonds is 5. The number of nitrogens with zero attached hydrogens (tertiary/aromatic N) is 4. The summed E-state index contributed by atoms with van der Waals surface area (Å²) >= 11 is 0. The van der Waals surface area contributed by atoms with E-state index in [9.17, 15) is 0 Å². The molecule has 2 N–H and O–H groups in total. The summed E-state index contributed by atoms with van der Waals surface area (Å²) in [6.07, 6.45) is 3.00. The molecule has 0 bridgehead atoms. The van der Waals surface area contributed by atoms with Gasteiger partial charge in [-0.2, -0.15) is 0 Å². The van der Waals surface area contributed by atoms with Gasteiger partial charge in [-0.05, 0) is 60.4 Å². The SMILES string of the molecule is CCC(CC)(CC)n1nnnc1-c1cc(C)cc(N)c1. The van der Waals surface area contributed by atoms with Gasteiger partial charge in [-0.1, -0.05) is 20.8 Å². The molecule has 5 nitrogen and oxygen atoms in total. The molecule has 0 saturated heterocycles. The monoisotopic (exact) mass is 273 g/mol. The Kier molecular flexibility index (Phi) is 4.06. The molecule has 20 heavy (non-hydrogen) atoms. The first-order valence-electron chi connectivity index (χ1n) is 7.22. The number of aryl methyl sites for hydroxylation is 1. The first kappa shape index (κ1) is 14.5. The molecule has 0 saturated carbocycles. The third-order valence-electron chi connectivity index (χ3n) is 4.25. The summed E-state index contributed by atoms with van der Waals surface area (Å²) in [6, 6.07) is 5.95. The van der Waals surface area contributed by atoms with Crippen LogP contribution in [0, 0.1) is 6.92 Å². The van der Waals surface area contributed by atoms with E-state index in [1.165, 1.54) is 0 Å². The number of aromatic nitrogens is 4. The Hall–Kier alpha value is -1.91. The normalized spacial score (nSPS) is 11.8. The van der Waals surface area contributed by atoms with Crippen LogP contribution < -0.4 is 5.73 Å². The molecule has 1 heterocycles. The van der Waals surface area contributed by atoms with Gasteiger partial charge in [0.1, 0.15) is 0 Å². The molecule has 2 rings (SSSR count). The largest absolute Gasteiger partial charge is 0.399 e. The van der Waals surface area contributed by atoms with Crippen molar-refractivity contribution in [2.45, 2.75) is 52.5 Å². The maximum atomic E-state index is 5.94. The van der Waals surface area contributed by atoms with Crippen LogP contribution >= 0.6 is 0 Å². The summed E-state index contributed by atoms with van der Waals surface area (Å²) in [7, 11) is 0. The summed E-state index contributed by atoms with van der Waals surface area (Å²) in [6.45, 7) is 8.58. The van der Waals surface area contributed by atoms with E-state index in [-0.39, 0.29) is 5.54 Å². The molecule has 108 valence electrons. The number of benzene rings is 1. The van der Waals surface area contributed by atoms with Crippen molar-refractivity contribution < 1.29 is 0 Å². The van der Waals surface area contributed by atoms with Crippen LogP contribution in [0.3, 0.4) is 0 Å². The maximum Gasteiger partial charge on any atom is 0.182 e. The van der Waals surface area contributed by atoms with Crippen molar-refractivity contribution in [2.24, 2.45) is 0 Å². The molecule has 1 aromatic carbocycles. The van der Waals surface area contributed by atoms with Crippen LogP contribution in [-0.2, 0) is 5.54 Å². The number of hydrogen-bond acceptors (Lipinski definition) is 4. The van der Waals surface area contributed by atoms with Crippen molar-refractivity contribution in [1.82, 2.24) is 20.2 Å². The number of nitrogen functional groups attached to an aromatic ring is 1. The molecule has 0 aliphatic carbocycles. The Balaban J connectivity index is 2.57. The van der Waals surface area contributed by atoms with Crippen LogP contribution in [0.4, 0.5) is 5.69 Å². The smallest absolute Gasteiger partial charge is 0.182 e. The average molecular weight is 273 g/mol. The topological polar surface area (TPSA) is 69.6 Å². The third-order valence-corrected chi connectivity index (χ3v) is 4.25. The van der Waals surface area contributed by atoms with Gasteiger partial charge in [0.15, 0.2) is 5.82 Å². The Bertz CT molecular complexity index is 555. The first-order valence-corrected chi connectivity index (χ1v) is 7.22. The van der Waals surface area contributed by atoms with Gasteiger partial charge >= 0.3 is 0 Å². The molecule has 2 aromatic rings. The van der Waals surface area contributed by atoms with Gasteiger partial charge in [0.05, 0.1) is 5.54 Å². The molecule has 0 atom stereocenters. The molecule has 0 unspecified atom stereocenters. The van der Waals surface area contributed by atoms with Crippen LogP contribution in [0.1, 0.15) is 45.6 Å². The van der Waals surface area contributed by atoms with E-state index >= 15 is 0 Å². The van der Waals surface area contributed by atoms with E-state index < -0.39 is 0 Å². The molecule has 0 fully saturated rings. The van der Waals surface area contributed by atoms with Crippen molar-refractivity contribution in [2.75, 3.05) is 5.73 Å². The second-order valence-electron chi connectivity index (χ2n) is 5.33. The van der Waals surface area contributed by atoms with E-state index in [2.05, 4.69) is 42.4 Å². The van der Waals surface area contributed by atoms with Gasteiger partial charge in [-0.3, -0.25) is 0 Å². The van der Waals surface area contributed by atoms with Crippen molar-refractivity contribution in [1.29, 1.82) is 0 Å². The molecular formula is C15H23N5. The first-order chi connectivity index (χ1) is 9.56. The maximum absolute atomic E-state index is 5.94. The summed E-state index contributed by atoms with van der Waals surface area (Å²) in [5.74, 6) is 0.797. The number of hydrogen-bond donors (Lipinski definition) is 1. The van der Waals surface area contributed by atoms with Crippen LogP contribution in [0.15, 0.2) is 18.2 Å². The highest BCUT2D eigenvalue weighted by molar-refractivity contribution is 5.62. The second-order valence-corrected chi connectivity index (χ2v) is 5.33. The highest BCUT2D eigenvalue weighted by Crippen LogP contribution is 2.32. The minimum atomic E-state index is -0.0304. The lowest BCUT2D eigenvalue weighted by molar-refractivity contribution is 0.223. The van der Waals surface area contributed by atoms with E-state index in [4.69, 9.17) is 5.73 Å². The standard InChI is InChI=1S/C15H23N5/c1-5-15(6-2,7-3)20-14(17-18-19-20)12-8-11(4)9-13(16)10-12/h8-10H,5-7,16H2,1-4H3.